The minimum atomic E-state index is -0.0160. The highest BCUT2D eigenvalue weighted by atomic mass is 32.1. The van der Waals surface area contributed by atoms with Gasteiger partial charge in [0.2, 0.25) is 5.13 Å². The molecule has 122 valence electrons. The Kier molecular flexibility index (Phi) is 3.90. The van der Waals surface area contributed by atoms with E-state index in [0.717, 1.165) is 48.4 Å². The number of aryl methyl sites for hydroxylation is 1. The third kappa shape index (κ3) is 2.90. The Labute approximate surface area is 139 Å². The number of nitrogens with zero attached hydrogens (tertiary/aromatic N) is 4. The smallest absolute Gasteiger partial charge is 0.208 e. The van der Waals surface area contributed by atoms with E-state index in [1.165, 1.54) is 0 Å². The standard InChI is InChI=1S/C16H20N4O2S/c1-12-18-19-15(23-12)20-10-16(11-20)13(5-8-22-16)4-7-21-14-3-2-6-17-9-14/h2-3,6,9,13H,4-5,7-8,10-11H2,1H3/t13-/m1/s1. The first-order valence-corrected chi connectivity index (χ1v) is 8.79. The fourth-order valence-electron chi connectivity index (χ4n) is 3.44. The molecule has 2 fully saturated rings. The summed E-state index contributed by atoms with van der Waals surface area (Å²) < 4.78 is 11.9. The molecule has 6 nitrogen and oxygen atoms in total. The Balaban J connectivity index is 1.31. The molecular weight excluding hydrogens is 312 g/mol. The van der Waals surface area contributed by atoms with Gasteiger partial charge < -0.3 is 14.4 Å². The molecule has 1 spiro atoms. The van der Waals surface area contributed by atoms with Gasteiger partial charge in [0, 0.05) is 12.8 Å². The van der Waals surface area contributed by atoms with Gasteiger partial charge in [-0.2, -0.15) is 0 Å². The van der Waals surface area contributed by atoms with Crippen molar-refractivity contribution in [2.75, 3.05) is 31.2 Å². The summed E-state index contributed by atoms with van der Waals surface area (Å²) in [5.41, 5.74) is -0.0160. The maximum Gasteiger partial charge on any atom is 0.208 e. The van der Waals surface area contributed by atoms with E-state index in [0.29, 0.717) is 12.5 Å². The van der Waals surface area contributed by atoms with Crippen molar-refractivity contribution in [3.8, 4) is 5.75 Å². The summed E-state index contributed by atoms with van der Waals surface area (Å²) in [7, 11) is 0. The molecule has 4 rings (SSSR count). The van der Waals surface area contributed by atoms with E-state index >= 15 is 0 Å². The van der Waals surface area contributed by atoms with E-state index in [-0.39, 0.29) is 5.60 Å². The van der Waals surface area contributed by atoms with Gasteiger partial charge >= 0.3 is 0 Å². The largest absolute Gasteiger partial charge is 0.492 e. The van der Waals surface area contributed by atoms with Crippen molar-refractivity contribution in [2.24, 2.45) is 5.92 Å². The first-order chi connectivity index (χ1) is 11.3. The number of hydrogen-bond acceptors (Lipinski definition) is 7. The molecule has 0 N–H and O–H groups in total. The fourth-order valence-corrected chi connectivity index (χ4v) is 4.13. The number of aromatic nitrogens is 3. The van der Waals surface area contributed by atoms with Crippen molar-refractivity contribution < 1.29 is 9.47 Å². The molecular formula is C16H20N4O2S. The van der Waals surface area contributed by atoms with Crippen LogP contribution in [0.15, 0.2) is 24.5 Å². The Morgan fingerprint density at radius 2 is 2.35 bits per heavy atom. The molecule has 0 saturated carbocycles. The van der Waals surface area contributed by atoms with Crippen LogP contribution in [0.25, 0.3) is 0 Å². The Morgan fingerprint density at radius 1 is 1.43 bits per heavy atom. The highest BCUT2D eigenvalue weighted by Gasteiger charge is 2.53. The van der Waals surface area contributed by atoms with E-state index in [1.54, 1.807) is 23.7 Å². The number of anilines is 1. The highest BCUT2D eigenvalue weighted by molar-refractivity contribution is 7.15. The number of rotatable bonds is 5. The molecule has 2 aromatic heterocycles. The van der Waals surface area contributed by atoms with Crippen LogP contribution in [0.4, 0.5) is 5.13 Å². The molecule has 1 atom stereocenters. The van der Waals surface area contributed by atoms with Gasteiger partial charge in [0.15, 0.2) is 0 Å². The lowest BCUT2D eigenvalue weighted by molar-refractivity contribution is -0.0475. The Morgan fingerprint density at radius 3 is 3.09 bits per heavy atom. The number of pyridine rings is 1. The summed E-state index contributed by atoms with van der Waals surface area (Å²) in [5, 5.41) is 10.3. The van der Waals surface area contributed by atoms with Gasteiger partial charge in [-0.1, -0.05) is 11.3 Å². The lowest BCUT2D eigenvalue weighted by Gasteiger charge is -2.50. The minimum Gasteiger partial charge on any atom is -0.492 e. The summed E-state index contributed by atoms with van der Waals surface area (Å²) in [4.78, 5) is 6.34. The van der Waals surface area contributed by atoms with Gasteiger partial charge in [-0.25, -0.2) is 0 Å². The van der Waals surface area contributed by atoms with Gasteiger partial charge in [0.05, 0.1) is 25.9 Å². The van der Waals surface area contributed by atoms with Crippen molar-refractivity contribution in [3.05, 3.63) is 29.5 Å². The van der Waals surface area contributed by atoms with Crippen LogP contribution < -0.4 is 9.64 Å². The third-order valence-electron chi connectivity index (χ3n) is 4.67. The third-order valence-corrected chi connectivity index (χ3v) is 5.57. The predicted molar refractivity (Wildman–Crippen MR) is 88.0 cm³/mol. The average molecular weight is 332 g/mol. The van der Waals surface area contributed by atoms with Gasteiger partial charge in [0.25, 0.3) is 0 Å². The highest BCUT2D eigenvalue weighted by Crippen LogP contribution is 2.43. The quantitative estimate of drug-likeness (QED) is 0.837. The van der Waals surface area contributed by atoms with Crippen LogP contribution in [0.1, 0.15) is 17.8 Å². The van der Waals surface area contributed by atoms with Crippen LogP contribution in [0.5, 0.6) is 5.75 Å². The molecule has 2 aliphatic rings. The monoisotopic (exact) mass is 332 g/mol. The normalized spacial score (nSPS) is 22.3. The van der Waals surface area contributed by atoms with Crippen LogP contribution in [-0.4, -0.2) is 47.1 Å². The van der Waals surface area contributed by atoms with E-state index in [1.807, 2.05) is 19.1 Å². The molecule has 0 aliphatic carbocycles. The SMILES string of the molecule is Cc1nnc(N2CC3(C2)OCC[C@H]3CCOc2cccnc2)s1. The Hall–Kier alpha value is -1.73. The van der Waals surface area contributed by atoms with Crippen LogP contribution >= 0.6 is 11.3 Å². The summed E-state index contributed by atoms with van der Waals surface area (Å²) in [6, 6.07) is 3.83. The number of ether oxygens (including phenoxy) is 2. The molecule has 4 heterocycles. The first-order valence-electron chi connectivity index (χ1n) is 7.97. The zero-order valence-corrected chi connectivity index (χ0v) is 14.0. The number of hydrogen-bond donors (Lipinski definition) is 0. The predicted octanol–water partition coefficient (Wildman–Crippen LogP) is 2.31. The van der Waals surface area contributed by atoms with Crippen molar-refractivity contribution in [1.29, 1.82) is 0 Å². The molecule has 0 radical (unpaired) electrons. The van der Waals surface area contributed by atoms with Crippen molar-refractivity contribution >= 4 is 16.5 Å². The van der Waals surface area contributed by atoms with Gasteiger partial charge in [-0.3, -0.25) is 4.98 Å². The van der Waals surface area contributed by atoms with Gasteiger partial charge in [-0.05, 0) is 37.8 Å². The fraction of sp³-hybridized carbons (Fsp3) is 0.562. The van der Waals surface area contributed by atoms with Gasteiger partial charge in [0.1, 0.15) is 16.4 Å². The second-order valence-electron chi connectivity index (χ2n) is 6.18. The summed E-state index contributed by atoms with van der Waals surface area (Å²) in [6.45, 7) is 5.37. The summed E-state index contributed by atoms with van der Waals surface area (Å²) >= 11 is 1.65. The van der Waals surface area contributed by atoms with Crippen LogP contribution in [0.2, 0.25) is 0 Å². The van der Waals surface area contributed by atoms with Crippen molar-refractivity contribution in [3.63, 3.8) is 0 Å². The molecule has 2 aliphatic heterocycles. The molecule has 0 amide bonds. The van der Waals surface area contributed by atoms with Crippen LogP contribution in [0, 0.1) is 12.8 Å². The maximum atomic E-state index is 6.10. The van der Waals surface area contributed by atoms with E-state index in [2.05, 4.69) is 20.1 Å². The molecule has 0 aromatic carbocycles. The lowest BCUT2D eigenvalue weighted by Crippen LogP contribution is -2.65. The topological polar surface area (TPSA) is 60.4 Å². The van der Waals surface area contributed by atoms with E-state index in [4.69, 9.17) is 9.47 Å². The maximum absolute atomic E-state index is 6.10. The zero-order valence-electron chi connectivity index (χ0n) is 13.1. The molecule has 23 heavy (non-hydrogen) atoms. The molecule has 2 saturated heterocycles. The van der Waals surface area contributed by atoms with Crippen LogP contribution in [0.3, 0.4) is 0 Å². The lowest BCUT2D eigenvalue weighted by atomic mass is 9.79. The van der Waals surface area contributed by atoms with Gasteiger partial charge in [-0.15, -0.1) is 10.2 Å². The van der Waals surface area contributed by atoms with E-state index < -0.39 is 0 Å². The summed E-state index contributed by atoms with van der Waals surface area (Å²) in [6.07, 6.45) is 5.63. The first kappa shape index (κ1) is 14.8. The second kappa shape index (κ2) is 6.05. The Bertz CT molecular complexity index is 657. The minimum absolute atomic E-state index is 0.0160. The molecule has 0 bridgehead atoms. The van der Waals surface area contributed by atoms with Crippen molar-refractivity contribution in [1.82, 2.24) is 15.2 Å². The zero-order chi connectivity index (χ0) is 15.7. The second-order valence-corrected chi connectivity index (χ2v) is 7.34. The molecule has 0 unspecified atom stereocenters. The molecule has 2 aromatic rings. The van der Waals surface area contributed by atoms with E-state index in [9.17, 15) is 0 Å². The van der Waals surface area contributed by atoms with Crippen molar-refractivity contribution in [2.45, 2.75) is 25.4 Å². The van der Waals surface area contributed by atoms with Crippen LogP contribution in [-0.2, 0) is 4.74 Å². The molecule has 7 heteroatoms. The summed E-state index contributed by atoms with van der Waals surface area (Å²) in [5.74, 6) is 1.38. The average Bonchev–Trinajstić information content (AvgIpc) is 3.13.